The fraction of sp³-hybridized carbons (Fsp3) is 0.708. The molecule has 0 bridgehead atoms. The van der Waals surface area contributed by atoms with Gasteiger partial charge in [0.1, 0.15) is 6.17 Å². The molecule has 0 amide bonds. The molecule has 4 aliphatic carbocycles. The van der Waals surface area contributed by atoms with Crippen molar-refractivity contribution in [2.45, 2.75) is 76.9 Å². The van der Waals surface area contributed by atoms with Crippen molar-refractivity contribution < 1.29 is 38.1 Å². The number of hydrogen-bond acceptors (Lipinski definition) is 5. The van der Waals surface area contributed by atoms with Gasteiger partial charge in [-0.05, 0) is 49.8 Å². The van der Waals surface area contributed by atoms with Crippen molar-refractivity contribution in [1.82, 2.24) is 0 Å². The van der Waals surface area contributed by atoms with Gasteiger partial charge < -0.3 is 14.9 Å². The van der Waals surface area contributed by atoms with Crippen molar-refractivity contribution in [2.75, 3.05) is 0 Å². The highest BCUT2D eigenvalue weighted by Crippen LogP contribution is 2.71. The molecule has 8 heteroatoms. The standard InChI is InChI=1S/C24H30F2O6/c1-5-19(29)32-24(20(30)31)12(2)8-14-15-10-17(25)16-9-13(27)6-7-21(16,3)23(15,26)18(28)11-22(14,24)4/h6-7,9,12,14-15,17-18,28H,5,8,10-11H2,1-4H3,(H,30,31)/t12-,14?,15?,17+,18+,21?,22?,23+,24+/m1/s1. The van der Waals surface area contributed by atoms with E-state index in [1.54, 1.807) is 20.8 Å². The van der Waals surface area contributed by atoms with Crippen LogP contribution in [0, 0.1) is 28.6 Å². The molecular weight excluding hydrogens is 422 g/mol. The van der Waals surface area contributed by atoms with E-state index in [4.69, 9.17) is 4.74 Å². The third kappa shape index (κ3) is 2.50. The molecule has 3 fully saturated rings. The zero-order valence-electron chi connectivity index (χ0n) is 18.7. The van der Waals surface area contributed by atoms with Gasteiger partial charge in [-0.2, -0.15) is 0 Å². The summed E-state index contributed by atoms with van der Waals surface area (Å²) in [5.74, 6) is -4.78. The van der Waals surface area contributed by atoms with Crippen molar-refractivity contribution in [2.24, 2.45) is 28.6 Å². The smallest absolute Gasteiger partial charge is 0.349 e. The zero-order chi connectivity index (χ0) is 23.9. The molecule has 3 saturated carbocycles. The van der Waals surface area contributed by atoms with Gasteiger partial charge in [0.2, 0.25) is 5.60 Å². The van der Waals surface area contributed by atoms with Gasteiger partial charge in [-0.1, -0.05) is 26.8 Å². The molecule has 0 saturated heterocycles. The lowest BCUT2D eigenvalue weighted by atomic mass is 9.44. The minimum absolute atomic E-state index is 0.0133. The number of halogens is 2. The van der Waals surface area contributed by atoms with Crippen molar-refractivity contribution in [3.05, 3.63) is 23.8 Å². The van der Waals surface area contributed by atoms with Crippen LogP contribution in [0.15, 0.2) is 23.8 Å². The Hall–Kier alpha value is -2.09. The van der Waals surface area contributed by atoms with E-state index in [1.807, 2.05) is 0 Å². The Kier molecular flexibility index (Phi) is 5.02. The third-order valence-corrected chi connectivity index (χ3v) is 9.05. The summed E-state index contributed by atoms with van der Waals surface area (Å²) in [5, 5.41) is 21.5. The van der Waals surface area contributed by atoms with Crippen LogP contribution in [0.4, 0.5) is 8.78 Å². The van der Waals surface area contributed by atoms with E-state index in [2.05, 4.69) is 0 Å². The van der Waals surface area contributed by atoms with Crippen molar-refractivity contribution >= 4 is 17.7 Å². The lowest BCUT2D eigenvalue weighted by molar-refractivity contribution is -0.237. The maximum atomic E-state index is 17.1. The van der Waals surface area contributed by atoms with Gasteiger partial charge in [0.25, 0.3) is 0 Å². The van der Waals surface area contributed by atoms with Gasteiger partial charge in [0, 0.05) is 29.1 Å². The Labute approximate surface area is 185 Å². The first-order valence-electron chi connectivity index (χ1n) is 11.2. The number of rotatable bonds is 3. The van der Waals surface area contributed by atoms with E-state index in [0.29, 0.717) is 0 Å². The van der Waals surface area contributed by atoms with Crippen molar-refractivity contribution in [3.63, 3.8) is 0 Å². The lowest BCUT2D eigenvalue weighted by Crippen LogP contribution is -2.71. The second-order valence-electron chi connectivity index (χ2n) is 10.4. The fourth-order valence-electron chi connectivity index (χ4n) is 7.49. The largest absolute Gasteiger partial charge is 0.478 e. The monoisotopic (exact) mass is 452 g/mol. The van der Waals surface area contributed by atoms with Crippen molar-refractivity contribution in [3.8, 4) is 0 Å². The van der Waals surface area contributed by atoms with Gasteiger partial charge in [0.05, 0.1) is 6.10 Å². The summed E-state index contributed by atoms with van der Waals surface area (Å²) < 4.78 is 38.1. The number of esters is 1. The molecule has 2 N–H and O–H groups in total. The van der Waals surface area contributed by atoms with E-state index >= 15 is 8.78 Å². The second-order valence-corrected chi connectivity index (χ2v) is 10.4. The summed E-state index contributed by atoms with van der Waals surface area (Å²) in [4.78, 5) is 36.7. The van der Waals surface area contributed by atoms with Crippen LogP contribution in [0.25, 0.3) is 0 Å². The van der Waals surface area contributed by atoms with Crippen LogP contribution in [0.1, 0.15) is 53.4 Å². The van der Waals surface area contributed by atoms with Gasteiger partial charge >= 0.3 is 11.9 Å². The number of allylic oxidation sites excluding steroid dienone is 4. The molecule has 0 aromatic rings. The number of carbonyl (C=O) groups is 3. The molecule has 0 aliphatic heterocycles. The van der Waals surface area contributed by atoms with Crippen LogP contribution in [-0.4, -0.2) is 51.5 Å². The number of alkyl halides is 2. The average molecular weight is 452 g/mol. The number of aliphatic hydroxyl groups is 1. The van der Waals surface area contributed by atoms with E-state index in [0.717, 1.165) is 6.08 Å². The van der Waals surface area contributed by atoms with E-state index in [1.165, 1.54) is 19.1 Å². The first-order chi connectivity index (χ1) is 14.8. The van der Waals surface area contributed by atoms with Crippen LogP contribution in [0.2, 0.25) is 0 Å². The number of hydrogen-bond donors (Lipinski definition) is 2. The molecule has 0 aromatic heterocycles. The maximum absolute atomic E-state index is 17.1. The molecule has 4 aliphatic rings. The normalized spacial score (nSPS) is 49.5. The van der Waals surface area contributed by atoms with Gasteiger partial charge in [-0.3, -0.25) is 9.59 Å². The van der Waals surface area contributed by atoms with Crippen LogP contribution in [0.3, 0.4) is 0 Å². The van der Waals surface area contributed by atoms with E-state index in [9.17, 15) is 24.6 Å². The minimum Gasteiger partial charge on any atom is -0.478 e. The topological polar surface area (TPSA) is 101 Å². The number of carboxylic acids is 1. The molecule has 4 rings (SSSR count). The first kappa shape index (κ1) is 23.1. The molecule has 0 aromatic carbocycles. The number of aliphatic hydroxyl groups excluding tert-OH is 1. The molecule has 0 radical (unpaired) electrons. The van der Waals surface area contributed by atoms with Crippen LogP contribution in [-0.2, 0) is 19.1 Å². The molecular formula is C24H30F2O6. The van der Waals surface area contributed by atoms with Crippen LogP contribution >= 0.6 is 0 Å². The Bertz CT molecular complexity index is 945. The van der Waals surface area contributed by atoms with Gasteiger partial charge in [-0.25, -0.2) is 13.6 Å². The number of ketones is 1. The summed E-state index contributed by atoms with van der Waals surface area (Å²) in [6, 6.07) is 0. The SMILES string of the molecule is CCC(=O)O[C@]1(C(=O)O)[C@H](C)CC2C3C[C@H](F)C4=CC(=O)C=CC4(C)[C@@]3(F)[C@@H](O)CC21C. The van der Waals surface area contributed by atoms with Crippen molar-refractivity contribution in [1.29, 1.82) is 0 Å². The molecule has 6 nitrogen and oxygen atoms in total. The quantitative estimate of drug-likeness (QED) is 0.637. The Morgan fingerprint density at radius 2 is 1.91 bits per heavy atom. The first-order valence-corrected chi connectivity index (χ1v) is 11.2. The second kappa shape index (κ2) is 6.95. The number of fused-ring (bicyclic) bond motifs is 5. The molecule has 32 heavy (non-hydrogen) atoms. The Morgan fingerprint density at radius 3 is 2.50 bits per heavy atom. The Balaban J connectivity index is 1.87. The average Bonchev–Trinajstić information content (AvgIpc) is 2.93. The summed E-state index contributed by atoms with van der Waals surface area (Å²) in [7, 11) is 0. The molecule has 176 valence electrons. The number of ether oxygens (including phenoxy) is 1. The highest BCUT2D eigenvalue weighted by atomic mass is 19.1. The number of carbonyl (C=O) groups excluding carboxylic acids is 2. The summed E-state index contributed by atoms with van der Waals surface area (Å²) in [5.41, 5.74) is -7.07. The Morgan fingerprint density at radius 1 is 1.25 bits per heavy atom. The summed E-state index contributed by atoms with van der Waals surface area (Å²) in [6.45, 7) is 6.31. The number of carboxylic acid groups (broad SMARTS) is 1. The van der Waals surface area contributed by atoms with E-state index in [-0.39, 0.29) is 31.3 Å². The molecule has 4 unspecified atom stereocenters. The maximum Gasteiger partial charge on any atom is 0.349 e. The highest BCUT2D eigenvalue weighted by molar-refractivity contribution is 6.01. The van der Waals surface area contributed by atoms with E-state index < -0.39 is 69.9 Å². The van der Waals surface area contributed by atoms with Gasteiger partial charge in [-0.15, -0.1) is 0 Å². The minimum atomic E-state index is -2.30. The van der Waals surface area contributed by atoms with Crippen LogP contribution in [0.5, 0.6) is 0 Å². The molecule has 0 heterocycles. The predicted octanol–water partition coefficient (Wildman–Crippen LogP) is 3.33. The fourth-order valence-corrected chi connectivity index (χ4v) is 7.49. The summed E-state index contributed by atoms with van der Waals surface area (Å²) in [6.07, 6.45) is 0.0529. The third-order valence-electron chi connectivity index (χ3n) is 9.05. The molecule has 0 spiro atoms. The zero-order valence-corrected chi connectivity index (χ0v) is 18.7. The van der Waals surface area contributed by atoms with Gasteiger partial charge in [0.15, 0.2) is 11.5 Å². The number of aliphatic carboxylic acids is 1. The molecule has 9 atom stereocenters. The van der Waals surface area contributed by atoms with Crippen LogP contribution < -0.4 is 0 Å². The lowest BCUT2D eigenvalue weighted by Gasteiger charge is -2.62. The highest BCUT2D eigenvalue weighted by Gasteiger charge is 2.78. The predicted molar refractivity (Wildman–Crippen MR) is 110 cm³/mol. The summed E-state index contributed by atoms with van der Waals surface area (Å²) >= 11 is 0.